The molecule has 0 spiro atoms. The summed E-state index contributed by atoms with van der Waals surface area (Å²) in [5.74, 6) is 0.308. The minimum Gasteiger partial charge on any atom is -0.504 e. The molecule has 2 aromatic carbocycles. The first-order chi connectivity index (χ1) is 11.5. The van der Waals surface area contributed by atoms with Gasteiger partial charge in [0.2, 0.25) is 0 Å². The number of hydrogen-bond donors (Lipinski definition) is 2. The predicted octanol–water partition coefficient (Wildman–Crippen LogP) is 3.22. The van der Waals surface area contributed by atoms with Gasteiger partial charge < -0.3 is 14.6 Å². The third kappa shape index (κ3) is 3.97. The number of hydrogen-bond acceptors (Lipinski definition) is 5. The summed E-state index contributed by atoms with van der Waals surface area (Å²) in [6, 6.07) is 9.54. The van der Waals surface area contributed by atoms with E-state index in [-0.39, 0.29) is 11.3 Å². The van der Waals surface area contributed by atoms with Gasteiger partial charge in [0, 0.05) is 10.6 Å². The summed E-state index contributed by atoms with van der Waals surface area (Å²) in [4.78, 5) is 12.3. The summed E-state index contributed by atoms with van der Waals surface area (Å²) >= 11 is 5.92. The molecule has 0 aromatic heterocycles. The number of aromatic hydroxyl groups is 1. The molecule has 0 atom stereocenters. The van der Waals surface area contributed by atoms with E-state index in [4.69, 9.17) is 21.1 Å². The van der Waals surface area contributed by atoms with Crippen molar-refractivity contribution in [2.45, 2.75) is 6.92 Å². The molecule has 1 amide bonds. The average molecular weight is 349 g/mol. The van der Waals surface area contributed by atoms with E-state index in [2.05, 4.69) is 10.5 Å². The first-order valence-electron chi connectivity index (χ1n) is 7.01. The van der Waals surface area contributed by atoms with Crippen molar-refractivity contribution in [3.8, 4) is 17.2 Å². The molecule has 7 heteroatoms. The normalized spacial score (nSPS) is 11.1. The summed E-state index contributed by atoms with van der Waals surface area (Å²) in [6.07, 6.45) is 0. The van der Waals surface area contributed by atoms with Crippen molar-refractivity contribution in [1.82, 2.24) is 5.43 Å². The number of methoxy groups -OCH3 is 2. The highest BCUT2D eigenvalue weighted by Gasteiger charge is 2.13. The molecule has 6 nitrogen and oxygen atoms in total. The Morgan fingerprint density at radius 1 is 1.12 bits per heavy atom. The lowest BCUT2D eigenvalue weighted by molar-refractivity contribution is 0.0952. The van der Waals surface area contributed by atoms with Crippen LogP contribution in [0.4, 0.5) is 0 Å². The number of phenolic OH excluding ortho intramolecular Hbond substituents is 1. The molecule has 0 aliphatic heterocycles. The Bertz CT molecular complexity index is 790. The van der Waals surface area contributed by atoms with Crippen LogP contribution in [0.1, 0.15) is 22.8 Å². The van der Waals surface area contributed by atoms with Gasteiger partial charge in [0.05, 0.1) is 25.5 Å². The molecule has 126 valence electrons. The fourth-order valence-corrected chi connectivity index (χ4v) is 2.19. The standard InChI is InChI=1S/C17H17ClN2O4/c1-10(11-4-6-14(21)16(8-11)24-3)19-20-17(22)13-9-12(18)5-7-15(13)23-2/h4-9,21H,1-3H3,(H,20,22). The number of nitrogens with one attached hydrogen (secondary N) is 1. The highest BCUT2D eigenvalue weighted by Crippen LogP contribution is 2.26. The van der Waals surface area contributed by atoms with Gasteiger partial charge in [-0.15, -0.1) is 0 Å². The maximum atomic E-state index is 12.3. The van der Waals surface area contributed by atoms with Gasteiger partial charge in [0.25, 0.3) is 5.91 Å². The SMILES string of the molecule is COc1cc(C(C)=NNC(=O)c2cc(Cl)ccc2OC)ccc1O. The minimum atomic E-state index is -0.445. The summed E-state index contributed by atoms with van der Waals surface area (Å²) in [6.45, 7) is 1.72. The van der Waals surface area contributed by atoms with Gasteiger partial charge in [0.1, 0.15) is 5.75 Å². The third-order valence-electron chi connectivity index (χ3n) is 3.33. The molecule has 0 saturated heterocycles. The van der Waals surface area contributed by atoms with E-state index < -0.39 is 5.91 Å². The maximum absolute atomic E-state index is 12.3. The van der Waals surface area contributed by atoms with Crippen LogP contribution in [0.5, 0.6) is 17.2 Å². The summed E-state index contributed by atoms with van der Waals surface area (Å²) in [5, 5.41) is 14.1. The van der Waals surface area contributed by atoms with E-state index in [0.29, 0.717) is 27.8 Å². The Labute approximate surface area is 144 Å². The molecule has 0 aliphatic carbocycles. The maximum Gasteiger partial charge on any atom is 0.275 e. The molecule has 0 bridgehead atoms. The lowest BCUT2D eigenvalue weighted by Gasteiger charge is -2.09. The van der Waals surface area contributed by atoms with Crippen LogP contribution in [0.2, 0.25) is 5.02 Å². The van der Waals surface area contributed by atoms with Crippen molar-refractivity contribution < 1.29 is 19.4 Å². The van der Waals surface area contributed by atoms with Crippen molar-refractivity contribution in [2.75, 3.05) is 14.2 Å². The molecular formula is C17H17ClN2O4. The van der Waals surface area contributed by atoms with Crippen molar-refractivity contribution in [2.24, 2.45) is 5.10 Å². The Morgan fingerprint density at radius 2 is 1.83 bits per heavy atom. The van der Waals surface area contributed by atoms with Crippen LogP contribution in [-0.2, 0) is 0 Å². The fraction of sp³-hybridized carbons (Fsp3) is 0.176. The molecule has 0 saturated carbocycles. The molecule has 24 heavy (non-hydrogen) atoms. The molecule has 0 heterocycles. The van der Waals surface area contributed by atoms with E-state index >= 15 is 0 Å². The smallest absolute Gasteiger partial charge is 0.275 e. The first kappa shape index (κ1) is 17.6. The van der Waals surface area contributed by atoms with Crippen LogP contribution < -0.4 is 14.9 Å². The number of ether oxygens (including phenoxy) is 2. The summed E-state index contributed by atoms with van der Waals surface area (Å²) in [5.41, 5.74) is 3.98. The van der Waals surface area contributed by atoms with Crippen molar-refractivity contribution >= 4 is 23.2 Å². The lowest BCUT2D eigenvalue weighted by Crippen LogP contribution is -2.20. The Morgan fingerprint density at radius 3 is 2.50 bits per heavy atom. The van der Waals surface area contributed by atoms with Gasteiger partial charge in [0.15, 0.2) is 11.5 Å². The van der Waals surface area contributed by atoms with Crippen LogP contribution >= 0.6 is 11.6 Å². The van der Waals surface area contributed by atoms with Gasteiger partial charge in [-0.05, 0) is 43.3 Å². The van der Waals surface area contributed by atoms with E-state index in [1.807, 2.05) is 0 Å². The number of carbonyl (C=O) groups excluding carboxylic acids is 1. The Hall–Kier alpha value is -2.73. The minimum absolute atomic E-state index is 0.0294. The van der Waals surface area contributed by atoms with E-state index in [0.717, 1.165) is 0 Å². The lowest BCUT2D eigenvalue weighted by atomic mass is 10.1. The van der Waals surface area contributed by atoms with Gasteiger partial charge in [-0.2, -0.15) is 5.10 Å². The largest absolute Gasteiger partial charge is 0.504 e. The second-order valence-electron chi connectivity index (χ2n) is 4.87. The quantitative estimate of drug-likeness (QED) is 0.642. The van der Waals surface area contributed by atoms with Gasteiger partial charge in [-0.3, -0.25) is 4.79 Å². The molecule has 2 rings (SSSR count). The van der Waals surface area contributed by atoms with Crippen LogP contribution in [-0.4, -0.2) is 30.9 Å². The van der Waals surface area contributed by atoms with Crippen LogP contribution in [0.15, 0.2) is 41.5 Å². The molecular weight excluding hydrogens is 332 g/mol. The van der Waals surface area contributed by atoms with E-state index in [1.165, 1.54) is 26.4 Å². The highest BCUT2D eigenvalue weighted by molar-refractivity contribution is 6.31. The van der Waals surface area contributed by atoms with Crippen LogP contribution in [0.3, 0.4) is 0 Å². The summed E-state index contributed by atoms with van der Waals surface area (Å²) in [7, 11) is 2.93. The highest BCUT2D eigenvalue weighted by atomic mass is 35.5. The molecule has 0 unspecified atom stereocenters. The van der Waals surface area contributed by atoms with Crippen molar-refractivity contribution in [3.05, 3.63) is 52.5 Å². The molecule has 0 aliphatic rings. The van der Waals surface area contributed by atoms with Gasteiger partial charge in [-0.1, -0.05) is 11.6 Å². The van der Waals surface area contributed by atoms with Crippen molar-refractivity contribution in [3.63, 3.8) is 0 Å². The summed E-state index contributed by atoms with van der Waals surface area (Å²) < 4.78 is 10.2. The third-order valence-corrected chi connectivity index (χ3v) is 3.56. The molecule has 2 N–H and O–H groups in total. The van der Waals surface area contributed by atoms with E-state index in [9.17, 15) is 9.90 Å². The average Bonchev–Trinajstić information content (AvgIpc) is 2.59. The number of benzene rings is 2. The number of amides is 1. The second-order valence-corrected chi connectivity index (χ2v) is 5.31. The Kier molecular flexibility index (Phi) is 5.65. The van der Waals surface area contributed by atoms with Gasteiger partial charge >= 0.3 is 0 Å². The van der Waals surface area contributed by atoms with Crippen LogP contribution in [0, 0.1) is 0 Å². The zero-order chi connectivity index (χ0) is 17.7. The monoisotopic (exact) mass is 348 g/mol. The molecule has 2 aromatic rings. The zero-order valence-electron chi connectivity index (χ0n) is 13.5. The number of halogens is 1. The number of phenols is 1. The number of rotatable bonds is 5. The number of carbonyl (C=O) groups is 1. The first-order valence-corrected chi connectivity index (χ1v) is 7.39. The van der Waals surface area contributed by atoms with Crippen molar-refractivity contribution in [1.29, 1.82) is 0 Å². The number of nitrogens with zero attached hydrogens (tertiary/aromatic N) is 1. The number of hydrazone groups is 1. The second kappa shape index (κ2) is 7.70. The zero-order valence-corrected chi connectivity index (χ0v) is 14.2. The van der Waals surface area contributed by atoms with Gasteiger partial charge in [-0.25, -0.2) is 5.43 Å². The molecule has 0 radical (unpaired) electrons. The Balaban J connectivity index is 2.21. The topological polar surface area (TPSA) is 80.2 Å². The molecule has 0 fully saturated rings. The predicted molar refractivity (Wildman–Crippen MR) is 92.3 cm³/mol. The van der Waals surface area contributed by atoms with Crippen LogP contribution in [0.25, 0.3) is 0 Å². The van der Waals surface area contributed by atoms with E-state index in [1.54, 1.807) is 31.2 Å². The fourth-order valence-electron chi connectivity index (χ4n) is 2.02.